The van der Waals surface area contributed by atoms with Crippen LogP contribution in [0.15, 0.2) is 41.1 Å². The van der Waals surface area contributed by atoms with Gasteiger partial charge in [0.2, 0.25) is 0 Å². The van der Waals surface area contributed by atoms with Gasteiger partial charge in [-0.1, -0.05) is 0 Å². The van der Waals surface area contributed by atoms with Crippen LogP contribution in [0.25, 0.3) is 0 Å². The van der Waals surface area contributed by atoms with Gasteiger partial charge in [0.25, 0.3) is 5.69 Å². The summed E-state index contributed by atoms with van der Waals surface area (Å²) >= 11 is 1.35. The van der Waals surface area contributed by atoms with Crippen molar-refractivity contribution in [1.29, 1.82) is 0 Å². The summed E-state index contributed by atoms with van der Waals surface area (Å²) in [5.74, 6) is -0.981. The lowest BCUT2D eigenvalue weighted by atomic mass is 10.1. The smallest absolute Gasteiger partial charge is 0.339 e. The van der Waals surface area contributed by atoms with E-state index >= 15 is 0 Å². The molecule has 0 unspecified atom stereocenters. The number of carbonyl (C=O) groups excluding carboxylic acids is 2. The van der Waals surface area contributed by atoms with Gasteiger partial charge in [-0.15, -0.1) is 0 Å². The maximum Gasteiger partial charge on any atom is 0.339 e. The van der Waals surface area contributed by atoms with E-state index in [9.17, 15) is 19.7 Å². The van der Waals surface area contributed by atoms with Crippen LogP contribution in [0.4, 0.5) is 5.69 Å². The molecule has 0 bridgehead atoms. The average molecular weight is 291 g/mol. The van der Waals surface area contributed by atoms with Gasteiger partial charge in [0.15, 0.2) is 12.4 Å². The molecule has 0 saturated heterocycles. The van der Waals surface area contributed by atoms with Crippen molar-refractivity contribution in [2.24, 2.45) is 0 Å². The van der Waals surface area contributed by atoms with Gasteiger partial charge in [-0.3, -0.25) is 14.9 Å². The number of nitrogens with zero attached hydrogens (tertiary/aromatic N) is 1. The van der Waals surface area contributed by atoms with Crippen LogP contribution in [0.5, 0.6) is 0 Å². The van der Waals surface area contributed by atoms with Gasteiger partial charge in [0, 0.05) is 23.1 Å². The Morgan fingerprint density at radius 1 is 1.15 bits per heavy atom. The summed E-state index contributed by atoms with van der Waals surface area (Å²) in [6.45, 7) is -0.396. The zero-order chi connectivity index (χ0) is 14.5. The average Bonchev–Trinajstić information content (AvgIpc) is 2.98. The highest BCUT2D eigenvalue weighted by molar-refractivity contribution is 7.08. The maximum absolute atomic E-state index is 11.8. The predicted molar refractivity (Wildman–Crippen MR) is 72.0 cm³/mol. The molecule has 0 fully saturated rings. The highest BCUT2D eigenvalue weighted by atomic mass is 32.1. The number of rotatable bonds is 5. The lowest BCUT2D eigenvalue weighted by Crippen LogP contribution is -2.13. The number of nitro groups is 1. The summed E-state index contributed by atoms with van der Waals surface area (Å²) in [4.78, 5) is 33.2. The number of ketones is 1. The van der Waals surface area contributed by atoms with Crippen LogP contribution in [0.2, 0.25) is 0 Å². The zero-order valence-electron chi connectivity index (χ0n) is 10.1. The molecule has 102 valence electrons. The van der Waals surface area contributed by atoms with Crippen molar-refractivity contribution in [2.45, 2.75) is 0 Å². The second-order valence-electron chi connectivity index (χ2n) is 3.82. The van der Waals surface area contributed by atoms with Crippen molar-refractivity contribution < 1.29 is 19.2 Å². The van der Waals surface area contributed by atoms with Crippen LogP contribution in [0.3, 0.4) is 0 Å². The number of non-ortho nitro benzene ring substituents is 1. The molecule has 6 nitrogen and oxygen atoms in total. The SMILES string of the molecule is O=C(COC(=O)c1ccsc1)c1ccc([N+](=O)[O-])cc1. The second-order valence-corrected chi connectivity index (χ2v) is 4.60. The van der Waals surface area contributed by atoms with Gasteiger partial charge >= 0.3 is 5.97 Å². The molecule has 20 heavy (non-hydrogen) atoms. The molecule has 0 amide bonds. The van der Waals surface area contributed by atoms with Crippen molar-refractivity contribution in [3.05, 3.63) is 62.3 Å². The van der Waals surface area contributed by atoms with Gasteiger partial charge in [0.05, 0.1) is 10.5 Å². The number of esters is 1. The van der Waals surface area contributed by atoms with E-state index in [2.05, 4.69) is 0 Å². The van der Waals surface area contributed by atoms with Crippen molar-refractivity contribution in [2.75, 3.05) is 6.61 Å². The Labute approximate surface area is 117 Å². The summed E-state index contributed by atoms with van der Waals surface area (Å²) in [5.41, 5.74) is 0.553. The van der Waals surface area contributed by atoms with E-state index in [0.717, 1.165) is 0 Å². The highest BCUT2D eigenvalue weighted by Gasteiger charge is 2.13. The van der Waals surface area contributed by atoms with E-state index < -0.39 is 23.3 Å². The molecule has 0 atom stereocenters. The normalized spacial score (nSPS) is 10.0. The van der Waals surface area contributed by atoms with Crippen LogP contribution in [-0.2, 0) is 4.74 Å². The van der Waals surface area contributed by atoms with Gasteiger partial charge in [-0.2, -0.15) is 11.3 Å². The number of hydrogen-bond donors (Lipinski definition) is 0. The summed E-state index contributed by atoms with van der Waals surface area (Å²) in [7, 11) is 0. The minimum atomic E-state index is -0.568. The summed E-state index contributed by atoms with van der Waals surface area (Å²) < 4.78 is 4.86. The van der Waals surface area contributed by atoms with Crippen LogP contribution in [0, 0.1) is 10.1 Å². The summed E-state index contributed by atoms with van der Waals surface area (Å²) in [6, 6.07) is 6.73. The number of thiophene rings is 1. The van der Waals surface area contributed by atoms with Crippen molar-refractivity contribution in [1.82, 2.24) is 0 Å². The standard InChI is InChI=1S/C13H9NO5S/c15-12(7-19-13(16)10-5-6-20-8-10)9-1-3-11(4-2-9)14(17)18/h1-6,8H,7H2. The molecule has 0 saturated carbocycles. The molecule has 0 aliphatic rings. The molecule has 7 heteroatoms. The highest BCUT2D eigenvalue weighted by Crippen LogP contribution is 2.13. The molecule has 2 rings (SSSR count). The Kier molecular flexibility index (Phi) is 4.21. The fourth-order valence-electron chi connectivity index (χ4n) is 1.45. The Hall–Kier alpha value is -2.54. The lowest BCUT2D eigenvalue weighted by Gasteiger charge is -2.03. The first-order valence-electron chi connectivity index (χ1n) is 5.55. The fraction of sp³-hybridized carbons (Fsp3) is 0.0769. The Morgan fingerprint density at radius 2 is 1.85 bits per heavy atom. The van der Waals surface area contributed by atoms with Gasteiger partial charge < -0.3 is 4.74 Å². The van der Waals surface area contributed by atoms with E-state index in [4.69, 9.17) is 4.74 Å². The predicted octanol–water partition coefficient (Wildman–Crippen LogP) is 2.70. The quantitative estimate of drug-likeness (QED) is 0.366. The van der Waals surface area contributed by atoms with E-state index in [1.165, 1.54) is 35.6 Å². The number of carbonyl (C=O) groups is 2. The van der Waals surface area contributed by atoms with Crippen molar-refractivity contribution >= 4 is 28.8 Å². The molecular weight excluding hydrogens is 282 g/mol. The molecule has 2 aromatic rings. The number of Topliss-reactive ketones (excluding diaryl/α,β-unsaturated/α-hetero) is 1. The van der Waals surface area contributed by atoms with Crippen LogP contribution >= 0.6 is 11.3 Å². The first-order chi connectivity index (χ1) is 9.58. The second kappa shape index (κ2) is 6.07. The minimum Gasteiger partial charge on any atom is -0.454 e. The largest absolute Gasteiger partial charge is 0.454 e. The topological polar surface area (TPSA) is 86.5 Å². The summed E-state index contributed by atoms with van der Waals surface area (Å²) in [5, 5.41) is 13.8. The molecule has 1 aromatic heterocycles. The zero-order valence-corrected chi connectivity index (χ0v) is 11.0. The minimum absolute atomic E-state index is 0.100. The maximum atomic E-state index is 11.8. The Morgan fingerprint density at radius 3 is 2.40 bits per heavy atom. The number of benzene rings is 1. The van der Waals surface area contributed by atoms with Crippen molar-refractivity contribution in [3.8, 4) is 0 Å². The van der Waals surface area contributed by atoms with Crippen molar-refractivity contribution in [3.63, 3.8) is 0 Å². The van der Waals surface area contributed by atoms with E-state index in [-0.39, 0.29) is 11.3 Å². The molecule has 0 aliphatic carbocycles. The molecule has 0 spiro atoms. The molecule has 0 aliphatic heterocycles. The van der Waals surface area contributed by atoms with Crippen LogP contribution in [-0.4, -0.2) is 23.3 Å². The van der Waals surface area contributed by atoms with Crippen LogP contribution in [0.1, 0.15) is 20.7 Å². The Bertz CT molecular complexity index is 633. The van der Waals surface area contributed by atoms with Gasteiger partial charge in [-0.05, 0) is 23.6 Å². The lowest BCUT2D eigenvalue weighted by molar-refractivity contribution is -0.384. The Balaban J connectivity index is 1.95. The fourth-order valence-corrected chi connectivity index (χ4v) is 2.07. The third-order valence-corrected chi connectivity index (χ3v) is 3.17. The van der Waals surface area contributed by atoms with E-state index in [1.807, 2.05) is 0 Å². The van der Waals surface area contributed by atoms with Gasteiger partial charge in [-0.25, -0.2) is 4.79 Å². The third-order valence-electron chi connectivity index (χ3n) is 2.49. The molecular formula is C13H9NO5S. The number of nitro benzene ring substituents is 1. The first-order valence-corrected chi connectivity index (χ1v) is 6.49. The number of hydrogen-bond acceptors (Lipinski definition) is 6. The first kappa shape index (κ1) is 13.9. The van der Waals surface area contributed by atoms with E-state index in [0.29, 0.717) is 5.56 Å². The summed E-state index contributed by atoms with van der Waals surface area (Å²) in [6.07, 6.45) is 0. The monoisotopic (exact) mass is 291 g/mol. The third kappa shape index (κ3) is 3.27. The molecule has 1 aromatic carbocycles. The molecule has 0 radical (unpaired) electrons. The van der Waals surface area contributed by atoms with Crippen LogP contribution < -0.4 is 0 Å². The molecule has 0 N–H and O–H groups in total. The molecule has 1 heterocycles. The van der Waals surface area contributed by atoms with E-state index in [1.54, 1.807) is 16.8 Å². The van der Waals surface area contributed by atoms with Gasteiger partial charge in [0.1, 0.15) is 0 Å². The number of ether oxygens (including phenoxy) is 1.